The van der Waals surface area contributed by atoms with E-state index in [4.69, 9.17) is 27.9 Å². The number of aryl methyl sites for hydroxylation is 1. The van der Waals surface area contributed by atoms with Gasteiger partial charge in [-0.2, -0.15) is 4.72 Å². The van der Waals surface area contributed by atoms with E-state index < -0.39 is 21.5 Å². The molecule has 0 unspecified atom stereocenters. The van der Waals surface area contributed by atoms with E-state index in [1.165, 1.54) is 24.3 Å². The second-order valence-corrected chi connectivity index (χ2v) is 11.1. The van der Waals surface area contributed by atoms with Crippen LogP contribution in [0.3, 0.4) is 0 Å². The molecule has 3 atom stereocenters. The van der Waals surface area contributed by atoms with E-state index in [2.05, 4.69) is 4.72 Å². The van der Waals surface area contributed by atoms with Crippen molar-refractivity contribution in [1.29, 1.82) is 0 Å². The number of carbonyl (C=O) groups is 1. The first-order valence-electron chi connectivity index (χ1n) is 10.7. The Morgan fingerprint density at radius 3 is 2.53 bits per heavy atom. The van der Waals surface area contributed by atoms with Crippen LogP contribution in [-0.4, -0.2) is 25.0 Å². The molecule has 5 rings (SSSR count). The summed E-state index contributed by atoms with van der Waals surface area (Å²) in [5.41, 5.74) is 1.19. The van der Waals surface area contributed by atoms with Gasteiger partial charge in [-0.25, -0.2) is 8.42 Å². The molecule has 0 amide bonds. The number of sulfonamides is 1. The Balaban J connectivity index is 1.33. The van der Waals surface area contributed by atoms with Gasteiger partial charge in [0.05, 0.1) is 4.90 Å². The van der Waals surface area contributed by atoms with Crippen LogP contribution in [0.5, 0.6) is 5.75 Å². The highest BCUT2D eigenvalue weighted by Crippen LogP contribution is 2.63. The summed E-state index contributed by atoms with van der Waals surface area (Å²) in [4.78, 5) is 12.3. The first-order chi connectivity index (χ1) is 16.2. The molecule has 3 aromatic carbocycles. The van der Waals surface area contributed by atoms with Gasteiger partial charge in [0.2, 0.25) is 10.0 Å². The average molecular weight is 518 g/mol. The van der Waals surface area contributed by atoms with Crippen LogP contribution in [0.4, 0.5) is 0 Å². The maximum Gasteiger partial charge on any atom is 0.325 e. The molecular formula is C25H21Cl2NO5S. The molecule has 2 aliphatic carbocycles. The van der Waals surface area contributed by atoms with E-state index in [1.54, 1.807) is 18.2 Å². The minimum absolute atomic E-state index is 0.0260. The number of nitrogens with one attached hydrogen (secondary N) is 1. The predicted octanol–water partition coefficient (Wildman–Crippen LogP) is 5.03. The summed E-state index contributed by atoms with van der Waals surface area (Å²) in [5.74, 6) is -1.35. The second-order valence-electron chi connectivity index (χ2n) is 8.60. The van der Waals surface area contributed by atoms with Gasteiger partial charge in [0.1, 0.15) is 17.9 Å². The van der Waals surface area contributed by atoms with E-state index in [9.17, 15) is 18.3 Å². The number of benzene rings is 3. The van der Waals surface area contributed by atoms with Crippen molar-refractivity contribution in [2.45, 2.75) is 35.8 Å². The SMILES string of the molecule is O=C(O)[C@]1(NS(=O)(=O)c2ccc(OCc3ccc(Cl)cc3Cl)cc2)[C@@H]2c3ccccc3CC[C@@H]21. The molecule has 0 spiro atoms. The fourth-order valence-corrected chi connectivity index (χ4v) is 6.85. The molecule has 9 heteroatoms. The summed E-state index contributed by atoms with van der Waals surface area (Å²) in [6.07, 6.45) is 1.36. The maximum absolute atomic E-state index is 13.2. The molecule has 2 aliphatic rings. The Kier molecular flexibility index (Phi) is 5.84. The van der Waals surface area contributed by atoms with Crippen LogP contribution in [0.15, 0.2) is 71.6 Å². The van der Waals surface area contributed by atoms with Crippen molar-refractivity contribution in [2.75, 3.05) is 0 Å². The highest BCUT2D eigenvalue weighted by molar-refractivity contribution is 7.89. The third kappa shape index (κ3) is 3.96. The molecule has 2 N–H and O–H groups in total. The molecule has 0 radical (unpaired) electrons. The van der Waals surface area contributed by atoms with Gasteiger partial charge in [0.25, 0.3) is 0 Å². The van der Waals surface area contributed by atoms with E-state index in [0.29, 0.717) is 22.2 Å². The van der Waals surface area contributed by atoms with E-state index >= 15 is 0 Å². The Morgan fingerprint density at radius 2 is 1.82 bits per heavy atom. The zero-order chi connectivity index (χ0) is 24.1. The normalized spacial score (nSPS) is 23.0. The maximum atomic E-state index is 13.2. The van der Waals surface area contributed by atoms with Crippen LogP contribution in [0.2, 0.25) is 10.0 Å². The van der Waals surface area contributed by atoms with E-state index in [0.717, 1.165) is 23.1 Å². The molecule has 0 bridgehead atoms. The van der Waals surface area contributed by atoms with Gasteiger partial charge in [-0.1, -0.05) is 53.5 Å². The molecule has 176 valence electrons. The van der Waals surface area contributed by atoms with Crippen molar-refractivity contribution in [2.24, 2.45) is 5.92 Å². The van der Waals surface area contributed by atoms with Gasteiger partial charge in [-0.15, -0.1) is 0 Å². The van der Waals surface area contributed by atoms with Crippen LogP contribution < -0.4 is 9.46 Å². The summed E-state index contributed by atoms with van der Waals surface area (Å²) in [7, 11) is -4.08. The molecule has 34 heavy (non-hydrogen) atoms. The van der Waals surface area contributed by atoms with Crippen LogP contribution in [0, 0.1) is 5.92 Å². The topological polar surface area (TPSA) is 92.7 Å². The lowest BCUT2D eigenvalue weighted by atomic mass is 9.92. The third-order valence-electron chi connectivity index (χ3n) is 6.68. The van der Waals surface area contributed by atoms with Crippen molar-refractivity contribution in [3.63, 3.8) is 0 Å². The molecule has 0 aliphatic heterocycles. The fraction of sp³-hybridized carbons (Fsp3) is 0.240. The van der Waals surface area contributed by atoms with Crippen molar-refractivity contribution >= 4 is 39.2 Å². The molecule has 1 fully saturated rings. The molecular weight excluding hydrogens is 497 g/mol. The lowest BCUT2D eigenvalue weighted by molar-refractivity contribution is -0.140. The van der Waals surface area contributed by atoms with Crippen molar-refractivity contribution in [3.05, 3.63) is 93.5 Å². The number of aliphatic carboxylic acids is 1. The lowest BCUT2D eigenvalue weighted by Crippen LogP contribution is -2.45. The fourth-order valence-electron chi connectivity index (χ4n) is 4.96. The molecule has 0 saturated heterocycles. The lowest BCUT2D eigenvalue weighted by Gasteiger charge is -2.16. The van der Waals surface area contributed by atoms with Crippen LogP contribution in [0.1, 0.15) is 29.0 Å². The molecule has 6 nitrogen and oxygen atoms in total. The highest BCUT2D eigenvalue weighted by atomic mass is 35.5. The third-order valence-corrected chi connectivity index (χ3v) is 8.77. The summed E-state index contributed by atoms with van der Waals surface area (Å²) < 4.78 is 34.6. The zero-order valence-electron chi connectivity index (χ0n) is 17.9. The van der Waals surface area contributed by atoms with Crippen LogP contribution in [-0.2, 0) is 27.8 Å². The summed E-state index contributed by atoms with van der Waals surface area (Å²) >= 11 is 12.1. The van der Waals surface area contributed by atoms with Crippen LogP contribution in [0.25, 0.3) is 0 Å². The summed E-state index contributed by atoms with van der Waals surface area (Å²) in [6, 6.07) is 18.6. The van der Waals surface area contributed by atoms with Crippen molar-refractivity contribution in [1.82, 2.24) is 4.72 Å². The number of hydrogen-bond acceptors (Lipinski definition) is 4. The summed E-state index contributed by atoms with van der Waals surface area (Å²) in [5, 5.41) is 11.1. The largest absolute Gasteiger partial charge is 0.489 e. The highest BCUT2D eigenvalue weighted by Gasteiger charge is 2.73. The zero-order valence-corrected chi connectivity index (χ0v) is 20.2. The van der Waals surface area contributed by atoms with E-state index in [1.807, 2.05) is 24.3 Å². The van der Waals surface area contributed by atoms with Gasteiger partial charge >= 0.3 is 5.97 Å². The number of halogens is 2. The van der Waals surface area contributed by atoms with E-state index in [-0.39, 0.29) is 23.3 Å². The smallest absolute Gasteiger partial charge is 0.325 e. The Morgan fingerprint density at radius 1 is 1.09 bits per heavy atom. The first-order valence-corrected chi connectivity index (χ1v) is 13.0. The Hall–Kier alpha value is -2.58. The van der Waals surface area contributed by atoms with Crippen LogP contribution >= 0.6 is 23.2 Å². The Labute approximate surface area is 207 Å². The molecule has 0 heterocycles. The van der Waals surface area contributed by atoms with Gasteiger partial charge in [0.15, 0.2) is 0 Å². The molecule has 1 saturated carbocycles. The number of ether oxygens (including phenoxy) is 1. The molecule has 0 aromatic heterocycles. The van der Waals surface area contributed by atoms with Crippen molar-refractivity contribution < 1.29 is 23.1 Å². The van der Waals surface area contributed by atoms with Gasteiger partial charge in [0, 0.05) is 21.5 Å². The van der Waals surface area contributed by atoms with Gasteiger partial charge in [-0.05, 0) is 66.3 Å². The van der Waals surface area contributed by atoms with Gasteiger partial charge in [-0.3, -0.25) is 4.79 Å². The number of rotatable bonds is 7. The molecule has 3 aromatic rings. The minimum atomic E-state index is -4.08. The number of carboxylic acids is 1. The average Bonchev–Trinajstić information content (AvgIpc) is 3.47. The number of fused-ring (bicyclic) bond motifs is 3. The standard InChI is InChI=1S/C25H21Cl2NO5S/c26-17-7-5-16(22(27)13-17)14-33-18-8-10-19(11-9-18)34(31,32)28-25(24(29)30)21-12-6-15-3-1-2-4-20(15)23(21)25/h1-5,7-11,13,21,23,28H,6,12,14H2,(H,29,30)/t21-,23+,25+/m0/s1. The van der Waals surface area contributed by atoms with Gasteiger partial charge < -0.3 is 9.84 Å². The minimum Gasteiger partial charge on any atom is -0.489 e. The predicted molar refractivity (Wildman–Crippen MR) is 129 cm³/mol. The summed E-state index contributed by atoms with van der Waals surface area (Å²) in [6.45, 7) is 0.186. The number of hydrogen-bond donors (Lipinski definition) is 2. The quantitative estimate of drug-likeness (QED) is 0.458. The number of carboxylic acid groups (broad SMARTS) is 1. The monoisotopic (exact) mass is 517 g/mol. The second kappa shape index (κ2) is 8.57. The Bertz CT molecular complexity index is 1380. The van der Waals surface area contributed by atoms with Crippen molar-refractivity contribution in [3.8, 4) is 5.75 Å². The first kappa shape index (κ1) is 23.2.